The summed E-state index contributed by atoms with van der Waals surface area (Å²) in [6, 6.07) is 0. The van der Waals surface area contributed by atoms with Crippen molar-refractivity contribution < 1.29 is 19.5 Å². The Labute approximate surface area is 71.0 Å². The van der Waals surface area contributed by atoms with E-state index in [9.17, 15) is 4.79 Å². The van der Waals surface area contributed by atoms with Gasteiger partial charge in [-0.05, 0) is 0 Å². The van der Waals surface area contributed by atoms with E-state index in [-0.39, 0.29) is 17.4 Å². The molecule has 0 spiro atoms. The fraction of sp³-hybridized carbons (Fsp3) is 0.714. The molecule has 1 atom stereocenters. The zero-order chi connectivity index (χ0) is 9.78. The number of aliphatic hydroxyl groups excluding tert-OH is 1. The molecule has 0 heterocycles. The molecule has 12 heavy (non-hydrogen) atoms. The van der Waals surface area contributed by atoms with Crippen molar-refractivity contribution in [3.63, 3.8) is 0 Å². The van der Waals surface area contributed by atoms with Crippen LogP contribution < -0.4 is 0 Å². The van der Waals surface area contributed by atoms with Gasteiger partial charge in [0.1, 0.15) is 12.6 Å². The van der Waals surface area contributed by atoms with E-state index in [0.29, 0.717) is 0 Å². The number of nitrogens with zero attached hydrogens (tertiary/aromatic N) is 2. The first kappa shape index (κ1) is 10.9. The third kappa shape index (κ3) is 4.66. The Hall–Kier alpha value is -1.12. The molecule has 5 heteroatoms. The first-order chi connectivity index (χ1) is 5.37. The Bertz CT molecular complexity index is 207. The highest BCUT2D eigenvalue weighted by Crippen LogP contribution is 2.00. The van der Waals surface area contributed by atoms with E-state index in [1.165, 1.54) is 0 Å². The average Bonchev–Trinajstić information content (AvgIpc) is 1.84. The van der Waals surface area contributed by atoms with Gasteiger partial charge in [-0.2, -0.15) is 0 Å². The van der Waals surface area contributed by atoms with Gasteiger partial charge < -0.3 is 10.2 Å². The van der Waals surface area contributed by atoms with E-state index in [1.54, 1.807) is 14.1 Å². The number of nitriles is 1. The predicted octanol–water partition coefficient (Wildman–Crippen LogP) is -0.621. The number of aliphatic hydroxyl groups is 1. The van der Waals surface area contributed by atoms with Crippen LogP contribution in [0.15, 0.2) is 0 Å². The molecule has 0 saturated carbocycles. The van der Waals surface area contributed by atoms with Gasteiger partial charge in [0.05, 0.1) is 20.5 Å². The lowest BCUT2D eigenvalue weighted by Gasteiger charge is -2.20. The van der Waals surface area contributed by atoms with Crippen LogP contribution in [0.2, 0.25) is 0 Å². The molecule has 0 aromatic carbocycles. The highest BCUT2D eigenvalue weighted by Gasteiger charge is 2.22. The maximum absolute atomic E-state index is 10.1. The highest BCUT2D eigenvalue weighted by molar-refractivity contribution is 5.67. The van der Waals surface area contributed by atoms with Gasteiger partial charge in [0, 0.05) is 0 Å². The lowest BCUT2D eigenvalue weighted by atomic mass is 10.2. The van der Waals surface area contributed by atoms with Crippen LogP contribution in [-0.2, 0) is 4.79 Å². The van der Waals surface area contributed by atoms with Gasteiger partial charge in [-0.3, -0.25) is 4.79 Å². The molecule has 0 bridgehead atoms. The van der Waals surface area contributed by atoms with Crippen LogP contribution in [0.5, 0.6) is 0 Å². The van der Waals surface area contributed by atoms with E-state index < -0.39 is 12.1 Å². The minimum absolute atomic E-state index is 0.0472. The molecule has 0 rings (SSSR count). The number of carboxylic acid groups (broad SMARTS) is 1. The summed E-state index contributed by atoms with van der Waals surface area (Å²) < 4.78 is -0.0472. The van der Waals surface area contributed by atoms with E-state index in [0.717, 1.165) is 0 Å². The lowest BCUT2D eigenvalue weighted by molar-refractivity contribution is -0.828. The molecule has 0 amide bonds. The normalized spacial score (nSPS) is 13.5. The number of hydrogen-bond acceptors (Lipinski definition) is 3. The van der Waals surface area contributed by atoms with Gasteiger partial charge in [0.2, 0.25) is 0 Å². The third-order valence-corrected chi connectivity index (χ3v) is 1.35. The van der Waals surface area contributed by atoms with Crippen LogP contribution in [-0.4, -0.2) is 47.4 Å². The Balaban J connectivity index is 3.94. The zero-order valence-electron chi connectivity index (χ0n) is 7.19. The number of carbonyl (C=O) groups is 1. The standard InChI is InChI=1S/C7H12N2O3/c1-9(2,5-8)4-6(10)3-7(11)12/h6,10H,3-4H2,1-2H3/p+1/t6-/m1/s1. The Morgan fingerprint density at radius 1 is 1.67 bits per heavy atom. The summed E-state index contributed by atoms with van der Waals surface area (Å²) in [6.45, 7) is 0.128. The number of hydrogen-bond donors (Lipinski definition) is 2. The molecule has 0 aliphatic rings. The fourth-order valence-electron chi connectivity index (χ4n) is 0.834. The second-order valence-corrected chi connectivity index (χ2v) is 3.22. The van der Waals surface area contributed by atoms with Crippen molar-refractivity contribution in [3.8, 4) is 6.19 Å². The predicted molar refractivity (Wildman–Crippen MR) is 40.8 cm³/mol. The molecule has 0 aliphatic carbocycles. The van der Waals surface area contributed by atoms with Crippen molar-refractivity contribution >= 4 is 5.97 Å². The van der Waals surface area contributed by atoms with Crippen molar-refractivity contribution in [2.24, 2.45) is 0 Å². The van der Waals surface area contributed by atoms with Crippen molar-refractivity contribution in [2.75, 3.05) is 20.6 Å². The molecule has 0 radical (unpaired) electrons. The topological polar surface area (TPSA) is 81.3 Å². The van der Waals surface area contributed by atoms with Crippen LogP contribution in [0.4, 0.5) is 0 Å². The fourth-order valence-corrected chi connectivity index (χ4v) is 0.834. The van der Waals surface area contributed by atoms with Gasteiger partial charge in [-0.15, -0.1) is 5.26 Å². The first-order valence-electron chi connectivity index (χ1n) is 3.51. The average molecular weight is 173 g/mol. The summed E-state index contributed by atoms with van der Waals surface area (Å²) in [7, 11) is 3.20. The van der Waals surface area contributed by atoms with Gasteiger partial charge in [-0.25, -0.2) is 4.48 Å². The molecule has 68 valence electrons. The molecule has 5 nitrogen and oxygen atoms in total. The molecule has 0 fully saturated rings. The van der Waals surface area contributed by atoms with E-state index in [4.69, 9.17) is 15.5 Å². The van der Waals surface area contributed by atoms with Crippen molar-refractivity contribution in [1.29, 1.82) is 5.26 Å². The smallest absolute Gasteiger partial charge is 0.308 e. The molecule has 0 unspecified atom stereocenters. The Morgan fingerprint density at radius 3 is 2.50 bits per heavy atom. The van der Waals surface area contributed by atoms with E-state index in [2.05, 4.69) is 0 Å². The Kier molecular flexibility index (Phi) is 3.67. The molecule has 2 N–H and O–H groups in total. The lowest BCUT2D eigenvalue weighted by Crippen LogP contribution is -2.41. The van der Waals surface area contributed by atoms with Crippen LogP contribution in [0.3, 0.4) is 0 Å². The van der Waals surface area contributed by atoms with E-state index >= 15 is 0 Å². The molecular weight excluding hydrogens is 160 g/mol. The second-order valence-electron chi connectivity index (χ2n) is 3.22. The van der Waals surface area contributed by atoms with E-state index in [1.807, 2.05) is 6.19 Å². The molecule has 0 aromatic heterocycles. The minimum atomic E-state index is -1.06. The summed E-state index contributed by atoms with van der Waals surface area (Å²) in [4.78, 5) is 10.1. The van der Waals surface area contributed by atoms with Gasteiger partial charge in [0.15, 0.2) is 0 Å². The van der Waals surface area contributed by atoms with Crippen LogP contribution in [0, 0.1) is 11.5 Å². The van der Waals surface area contributed by atoms with Gasteiger partial charge in [-0.1, -0.05) is 0 Å². The largest absolute Gasteiger partial charge is 0.481 e. The highest BCUT2D eigenvalue weighted by atomic mass is 16.4. The van der Waals surface area contributed by atoms with Gasteiger partial charge in [0.25, 0.3) is 0 Å². The Morgan fingerprint density at radius 2 is 2.17 bits per heavy atom. The SMILES string of the molecule is C[N+](C)(C#N)C[C@H](O)CC(=O)O. The van der Waals surface area contributed by atoms with Crippen LogP contribution >= 0.6 is 0 Å². The summed E-state index contributed by atoms with van der Waals surface area (Å²) in [6.07, 6.45) is 0.653. The second kappa shape index (κ2) is 4.04. The summed E-state index contributed by atoms with van der Waals surface area (Å²) >= 11 is 0. The number of likely N-dealkylation sites (N-methyl/N-ethyl adjacent to an activating group) is 1. The number of carboxylic acids is 1. The summed E-state index contributed by atoms with van der Waals surface area (Å²) in [5.74, 6) is -1.06. The number of quaternary nitrogens is 1. The monoisotopic (exact) mass is 173 g/mol. The third-order valence-electron chi connectivity index (χ3n) is 1.35. The molecule has 0 saturated heterocycles. The van der Waals surface area contributed by atoms with Crippen molar-refractivity contribution in [1.82, 2.24) is 0 Å². The minimum Gasteiger partial charge on any atom is -0.481 e. The zero-order valence-corrected chi connectivity index (χ0v) is 7.19. The number of aliphatic carboxylic acids is 1. The maximum atomic E-state index is 10.1. The van der Waals surface area contributed by atoms with Crippen molar-refractivity contribution in [2.45, 2.75) is 12.5 Å². The van der Waals surface area contributed by atoms with Crippen LogP contribution in [0.25, 0.3) is 0 Å². The maximum Gasteiger partial charge on any atom is 0.308 e. The number of rotatable bonds is 4. The van der Waals surface area contributed by atoms with Crippen molar-refractivity contribution in [3.05, 3.63) is 0 Å². The van der Waals surface area contributed by atoms with Crippen LogP contribution in [0.1, 0.15) is 6.42 Å². The van der Waals surface area contributed by atoms with Gasteiger partial charge >= 0.3 is 12.2 Å². The quantitative estimate of drug-likeness (QED) is 0.438. The molecule has 0 aromatic rings. The molecular formula is C7H13N2O3+. The summed E-state index contributed by atoms with van der Waals surface area (Å²) in [5.41, 5.74) is 0. The summed E-state index contributed by atoms with van der Waals surface area (Å²) in [5, 5.41) is 26.0. The molecule has 0 aliphatic heterocycles. The first-order valence-corrected chi connectivity index (χ1v) is 3.51.